The Balaban J connectivity index is 1.41. The third kappa shape index (κ3) is 4.26. The highest BCUT2D eigenvalue weighted by Gasteiger charge is 2.46. The topological polar surface area (TPSA) is 98.9 Å². The van der Waals surface area contributed by atoms with E-state index in [-0.39, 0.29) is 11.4 Å². The van der Waals surface area contributed by atoms with Crippen molar-refractivity contribution in [2.24, 2.45) is 5.92 Å². The molecule has 0 aliphatic heterocycles. The van der Waals surface area contributed by atoms with Crippen LogP contribution in [-0.4, -0.2) is 50.4 Å². The Bertz CT molecular complexity index is 1220. The molecule has 4 aromatic rings. The third-order valence-corrected chi connectivity index (χ3v) is 6.62. The molecule has 1 aromatic carbocycles. The molecule has 0 bridgehead atoms. The van der Waals surface area contributed by atoms with Crippen LogP contribution in [0.25, 0.3) is 22.5 Å². The number of rotatable bonds is 8. The average molecular weight is 444 g/mol. The number of likely N-dealkylation sites (N-methyl/N-ethyl adjacent to an activating group) is 1. The van der Waals surface area contributed by atoms with E-state index in [0.29, 0.717) is 5.92 Å². The first-order valence-electron chi connectivity index (χ1n) is 11.3. The summed E-state index contributed by atoms with van der Waals surface area (Å²) in [5, 5.41) is 8.99. The van der Waals surface area contributed by atoms with E-state index in [0.717, 1.165) is 41.2 Å². The molecule has 1 aliphatic carbocycles. The molecule has 0 amide bonds. The number of nitrogens with zero attached hydrogens (tertiary/aromatic N) is 6. The predicted octanol–water partition coefficient (Wildman–Crippen LogP) is 3.85. The molecule has 0 radical (unpaired) electrons. The summed E-state index contributed by atoms with van der Waals surface area (Å²) in [6, 6.07) is 10.7. The highest BCUT2D eigenvalue weighted by Crippen LogP contribution is 2.51. The van der Waals surface area contributed by atoms with Gasteiger partial charge >= 0.3 is 0 Å². The van der Waals surface area contributed by atoms with Gasteiger partial charge in [0.2, 0.25) is 5.95 Å². The fraction of sp³-hybridized carbons (Fsp3) is 0.360. The van der Waals surface area contributed by atoms with Gasteiger partial charge in [-0.15, -0.1) is 0 Å². The summed E-state index contributed by atoms with van der Waals surface area (Å²) in [7, 11) is 4.11. The Hall–Kier alpha value is -3.52. The van der Waals surface area contributed by atoms with Crippen molar-refractivity contribution in [1.82, 2.24) is 29.8 Å². The fourth-order valence-corrected chi connectivity index (χ4v) is 4.32. The Kier molecular flexibility index (Phi) is 5.46. The van der Waals surface area contributed by atoms with Crippen molar-refractivity contribution >= 4 is 5.95 Å². The first kappa shape index (κ1) is 21.3. The largest absolute Gasteiger partial charge is 0.368 e. The van der Waals surface area contributed by atoms with Crippen LogP contribution in [-0.2, 0) is 12.0 Å². The van der Waals surface area contributed by atoms with Crippen molar-refractivity contribution in [1.29, 1.82) is 0 Å². The van der Waals surface area contributed by atoms with E-state index in [4.69, 9.17) is 10.3 Å². The SMILES string of the molecule is CN(C)CCn1cc(-c2cc([C@](C)(c3ccc(-c4cnc(N)nc4)cc3)C3CC3)no2)cn1. The first-order chi connectivity index (χ1) is 15.9. The van der Waals surface area contributed by atoms with Crippen molar-refractivity contribution in [2.45, 2.75) is 31.7 Å². The zero-order valence-corrected chi connectivity index (χ0v) is 19.3. The monoisotopic (exact) mass is 443 g/mol. The van der Waals surface area contributed by atoms with E-state index in [1.165, 1.54) is 18.4 Å². The summed E-state index contributed by atoms with van der Waals surface area (Å²) >= 11 is 0. The normalized spacial score (nSPS) is 15.6. The van der Waals surface area contributed by atoms with Gasteiger partial charge in [-0.1, -0.05) is 29.4 Å². The maximum Gasteiger partial charge on any atom is 0.219 e. The Morgan fingerprint density at radius 2 is 1.79 bits per heavy atom. The molecule has 0 spiro atoms. The first-order valence-corrected chi connectivity index (χ1v) is 11.3. The third-order valence-electron chi connectivity index (χ3n) is 6.62. The van der Waals surface area contributed by atoms with Crippen LogP contribution >= 0.6 is 0 Å². The second-order valence-electron chi connectivity index (χ2n) is 9.26. The Morgan fingerprint density at radius 3 is 2.45 bits per heavy atom. The van der Waals surface area contributed by atoms with Crippen LogP contribution in [0.5, 0.6) is 0 Å². The molecule has 8 heteroatoms. The van der Waals surface area contributed by atoms with Gasteiger partial charge in [0.1, 0.15) is 0 Å². The van der Waals surface area contributed by atoms with Gasteiger partial charge in [-0.05, 0) is 50.9 Å². The lowest BCUT2D eigenvalue weighted by Gasteiger charge is -2.28. The fourth-order valence-electron chi connectivity index (χ4n) is 4.32. The van der Waals surface area contributed by atoms with Gasteiger partial charge in [-0.3, -0.25) is 4.68 Å². The lowest BCUT2D eigenvalue weighted by molar-refractivity contribution is 0.373. The van der Waals surface area contributed by atoms with Crippen LogP contribution in [0.3, 0.4) is 0 Å². The number of aromatic nitrogens is 5. The molecule has 1 saturated carbocycles. The maximum atomic E-state index is 5.80. The molecule has 1 fully saturated rings. The molecule has 2 N–H and O–H groups in total. The summed E-state index contributed by atoms with van der Waals surface area (Å²) < 4.78 is 7.74. The van der Waals surface area contributed by atoms with Gasteiger partial charge in [0, 0.05) is 42.2 Å². The summed E-state index contributed by atoms with van der Waals surface area (Å²) in [5.74, 6) is 1.58. The number of hydrogen-bond acceptors (Lipinski definition) is 7. The predicted molar refractivity (Wildman–Crippen MR) is 127 cm³/mol. The van der Waals surface area contributed by atoms with E-state index < -0.39 is 0 Å². The molecule has 3 heterocycles. The minimum Gasteiger partial charge on any atom is -0.368 e. The van der Waals surface area contributed by atoms with E-state index in [9.17, 15) is 0 Å². The van der Waals surface area contributed by atoms with E-state index in [1.807, 2.05) is 17.1 Å². The second-order valence-corrected chi connectivity index (χ2v) is 9.26. The summed E-state index contributed by atoms with van der Waals surface area (Å²) in [6.45, 7) is 4.04. The maximum absolute atomic E-state index is 5.80. The van der Waals surface area contributed by atoms with Crippen LogP contribution in [0.4, 0.5) is 5.95 Å². The quantitative estimate of drug-likeness (QED) is 0.441. The number of nitrogens with two attached hydrogens (primary N) is 1. The molecule has 1 aliphatic rings. The van der Waals surface area contributed by atoms with E-state index >= 15 is 0 Å². The number of hydrogen-bond donors (Lipinski definition) is 1. The summed E-state index contributed by atoms with van der Waals surface area (Å²) in [4.78, 5) is 10.3. The van der Waals surface area contributed by atoms with E-state index in [2.05, 4.69) is 76.5 Å². The van der Waals surface area contributed by atoms with Crippen molar-refractivity contribution < 1.29 is 4.52 Å². The van der Waals surface area contributed by atoms with Crippen LogP contribution in [0.1, 0.15) is 31.0 Å². The lowest BCUT2D eigenvalue weighted by Crippen LogP contribution is -2.26. The van der Waals surface area contributed by atoms with Gasteiger partial charge < -0.3 is 15.2 Å². The smallest absolute Gasteiger partial charge is 0.219 e. The highest BCUT2D eigenvalue weighted by atomic mass is 16.5. The molecular formula is C25H29N7O. The van der Waals surface area contributed by atoms with Crippen molar-refractivity contribution in [2.75, 3.05) is 26.4 Å². The molecule has 3 aromatic heterocycles. The van der Waals surface area contributed by atoms with Crippen LogP contribution < -0.4 is 5.73 Å². The molecule has 33 heavy (non-hydrogen) atoms. The highest BCUT2D eigenvalue weighted by molar-refractivity contribution is 5.63. The Labute approximate surface area is 193 Å². The standard InChI is InChI=1S/C25H29N7O/c1-25(21-8-9-21,20-6-4-17(5-7-20)18-13-27-24(26)28-14-18)23-12-22(33-30-23)19-15-29-32(16-19)11-10-31(2)3/h4-7,12-16,21H,8-11H2,1-3H3,(H2,26,27,28)/t25-/m1/s1. The lowest BCUT2D eigenvalue weighted by atomic mass is 9.74. The van der Waals surface area contributed by atoms with Crippen molar-refractivity contribution in [3.8, 4) is 22.5 Å². The Morgan fingerprint density at radius 1 is 1.06 bits per heavy atom. The molecule has 8 nitrogen and oxygen atoms in total. The zero-order chi connectivity index (χ0) is 23.0. The van der Waals surface area contributed by atoms with Gasteiger partial charge in [-0.2, -0.15) is 5.10 Å². The van der Waals surface area contributed by atoms with Crippen LogP contribution in [0.15, 0.2) is 59.6 Å². The molecule has 0 unspecified atom stereocenters. The van der Waals surface area contributed by atoms with Crippen molar-refractivity contribution in [3.63, 3.8) is 0 Å². The van der Waals surface area contributed by atoms with Gasteiger partial charge in [0.05, 0.1) is 24.0 Å². The molecular weight excluding hydrogens is 414 g/mol. The van der Waals surface area contributed by atoms with Crippen LogP contribution in [0, 0.1) is 5.92 Å². The van der Waals surface area contributed by atoms with Crippen LogP contribution in [0.2, 0.25) is 0 Å². The summed E-state index contributed by atoms with van der Waals surface area (Å²) in [5.41, 5.74) is 10.5. The molecule has 170 valence electrons. The zero-order valence-electron chi connectivity index (χ0n) is 19.3. The average Bonchev–Trinajstić information content (AvgIpc) is 3.37. The molecule has 5 rings (SSSR count). The minimum atomic E-state index is -0.210. The van der Waals surface area contributed by atoms with E-state index in [1.54, 1.807) is 12.4 Å². The van der Waals surface area contributed by atoms with Gasteiger partial charge in [0.15, 0.2) is 5.76 Å². The summed E-state index contributed by atoms with van der Waals surface area (Å²) in [6.07, 6.45) is 9.74. The number of anilines is 1. The van der Waals surface area contributed by atoms with Gasteiger partial charge in [-0.25, -0.2) is 9.97 Å². The molecule has 1 atom stereocenters. The number of benzene rings is 1. The number of nitrogen functional groups attached to an aromatic ring is 1. The molecule has 0 saturated heterocycles. The van der Waals surface area contributed by atoms with Gasteiger partial charge in [0.25, 0.3) is 0 Å². The minimum absolute atomic E-state index is 0.210. The second kappa shape index (κ2) is 8.44. The van der Waals surface area contributed by atoms with Crippen molar-refractivity contribution in [3.05, 3.63) is 66.4 Å².